The lowest BCUT2D eigenvalue weighted by Crippen LogP contribution is -2.42. The number of hydrogen-bond donors (Lipinski definition) is 1. The van der Waals surface area contributed by atoms with Gasteiger partial charge in [-0.05, 0) is 6.07 Å². The maximum atomic E-state index is 11.9. The number of ether oxygens (including phenoxy) is 3. The van der Waals surface area contributed by atoms with Crippen LogP contribution in [0.2, 0.25) is 0 Å². The highest BCUT2D eigenvalue weighted by Crippen LogP contribution is 2.25. The second-order valence-corrected chi connectivity index (χ2v) is 5.64. The van der Waals surface area contributed by atoms with Crippen molar-refractivity contribution >= 4 is 17.6 Å². The molecule has 3 rings (SSSR count). The number of cyclic esters (lactones) is 2. The smallest absolute Gasteiger partial charge is 0.350 e. The van der Waals surface area contributed by atoms with Crippen LogP contribution in [0.5, 0.6) is 5.75 Å². The Bertz CT molecular complexity index is 820. The molecule has 0 unspecified atom stereocenters. The molecule has 25 heavy (non-hydrogen) atoms. The van der Waals surface area contributed by atoms with Crippen LogP contribution in [0.4, 0.5) is 5.69 Å². The zero-order valence-corrected chi connectivity index (χ0v) is 13.8. The molecule has 9 nitrogen and oxygen atoms in total. The lowest BCUT2D eigenvalue weighted by Gasteiger charge is -2.29. The fourth-order valence-electron chi connectivity index (χ4n) is 2.19. The van der Waals surface area contributed by atoms with Gasteiger partial charge in [0.25, 0.3) is 5.79 Å². The van der Waals surface area contributed by atoms with E-state index in [0.29, 0.717) is 17.1 Å². The van der Waals surface area contributed by atoms with E-state index in [1.807, 2.05) is 0 Å². The van der Waals surface area contributed by atoms with Gasteiger partial charge in [0.1, 0.15) is 18.4 Å². The molecular weight excluding hydrogens is 328 g/mol. The lowest BCUT2D eigenvalue weighted by atomic mass is 10.2. The van der Waals surface area contributed by atoms with Gasteiger partial charge in [-0.3, -0.25) is 0 Å². The fourth-order valence-corrected chi connectivity index (χ4v) is 2.19. The summed E-state index contributed by atoms with van der Waals surface area (Å²) in [6.07, 6.45) is 4.18. The minimum absolute atomic E-state index is 0.232. The highest BCUT2D eigenvalue weighted by atomic mass is 16.7. The van der Waals surface area contributed by atoms with Crippen molar-refractivity contribution in [3.05, 3.63) is 42.6 Å². The largest absolute Gasteiger partial charge is 0.497 e. The summed E-state index contributed by atoms with van der Waals surface area (Å²) in [7, 11) is 1.53. The van der Waals surface area contributed by atoms with Crippen molar-refractivity contribution in [1.82, 2.24) is 14.8 Å². The third kappa shape index (κ3) is 3.60. The van der Waals surface area contributed by atoms with Gasteiger partial charge in [0.2, 0.25) is 0 Å². The van der Waals surface area contributed by atoms with E-state index in [1.165, 1.54) is 39.8 Å². The third-order valence-corrected chi connectivity index (χ3v) is 3.31. The van der Waals surface area contributed by atoms with Crippen molar-refractivity contribution in [3.8, 4) is 11.4 Å². The average Bonchev–Trinajstić information content (AvgIpc) is 3.07. The Morgan fingerprint density at radius 2 is 1.92 bits per heavy atom. The number of hydrogen-bond acceptors (Lipinski definition) is 8. The quantitative estimate of drug-likeness (QED) is 0.504. The van der Waals surface area contributed by atoms with E-state index in [4.69, 9.17) is 14.2 Å². The molecule has 1 aliphatic heterocycles. The second-order valence-electron chi connectivity index (χ2n) is 5.64. The van der Waals surface area contributed by atoms with Crippen LogP contribution in [0.15, 0.2) is 42.6 Å². The van der Waals surface area contributed by atoms with Crippen LogP contribution in [0, 0.1) is 0 Å². The monoisotopic (exact) mass is 344 g/mol. The van der Waals surface area contributed by atoms with Crippen LogP contribution < -0.4 is 10.1 Å². The molecule has 0 saturated carbocycles. The fraction of sp³-hybridized carbons (Fsp3) is 0.250. The number of aromatic nitrogens is 3. The summed E-state index contributed by atoms with van der Waals surface area (Å²) in [6, 6.07) is 5.21. The SMILES string of the molecule is COc1cc(NC=C2C(=O)OC(C)(C)OC2=O)cc(-n2cncn2)c1. The first-order valence-electron chi connectivity index (χ1n) is 7.35. The van der Waals surface area contributed by atoms with E-state index < -0.39 is 17.7 Å². The molecule has 1 aromatic carbocycles. The first-order chi connectivity index (χ1) is 11.9. The highest BCUT2D eigenvalue weighted by molar-refractivity contribution is 6.15. The summed E-state index contributed by atoms with van der Waals surface area (Å²) in [6.45, 7) is 2.97. The van der Waals surface area contributed by atoms with E-state index >= 15 is 0 Å². The zero-order valence-electron chi connectivity index (χ0n) is 13.8. The Balaban J connectivity index is 1.87. The van der Waals surface area contributed by atoms with Gasteiger partial charge in [-0.15, -0.1) is 0 Å². The molecule has 9 heteroatoms. The second kappa shape index (κ2) is 6.27. The summed E-state index contributed by atoms with van der Waals surface area (Å²) < 4.78 is 16.9. The predicted octanol–water partition coefficient (Wildman–Crippen LogP) is 1.41. The first-order valence-corrected chi connectivity index (χ1v) is 7.35. The predicted molar refractivity (Wildman–Crippen MR) is 85.9 cm³/mol. The van der Waals surface area contributed by atoms with Gasteiger partial charge in [0.15, 0.2) is 5.57 Å². The molecule has 0 atom stereocenters. The van der Waals surface area contributed by atoms with Gasteiger partial charge in [-0.2, -0.15) is 5.10 Å². The third-order valence-electron chi connectivity index (χ3n) is 3.31. The van der Waals surface area contributed by atoms with Crippen molar-refractivity contribution in [1.29, 1.82) is 0 Å². The Morgan fingerprint density at radius 1 is 1.20 bits per heavy atom. The molecule has 0 amide bonds. The summed E-state index contributed by atoms with van der Waals surface area (Å²) in [5.74, 6) is -2.23. The van der Waals surface area contributed by atoms with Crippen LogP contribution in [0.25, 0.3) is 5.69 Å². The molecule has 2 aromatic rings. The minimum atomic E-state index is -1.28. The zero-order chi connectivity index (χ0) is 18.0. The van der Waals surface area contributed by atoms with Crippen molar-refractivity contribution in [2.75, 3.05) is 12.4 Å². The summed E-state index contributed by atoms with van der Waals surface area (Å²) in [5.41, 5.74) is 1.03. The van der Waals surface area contributed by atoms with Crippen LogP contribution in [0.3, 0.4) is 0 Å². The molecule has 1 saturated heterocycles. The maximum absolute atomic E-state index is 11.9. The molecule has 1 fully saturated rings. The molecule has 0 bridgehead atoms. The van der Waals surface area contributed by atoms with Crippen LogP contribution in [-0.4, -0.2) is 39.6 Å². The van der Waals surface area contributed by atoms with Gasteiger partial charge >= 0.3 is 11.9 Å². The molecule has 1 N–H and O–H groups in total. The first kappa shape index (κ1) is 16.5. The van der Waals surface area contributed by atoms with Crippen LogP contribution in [0.1, 0.15) is 13.8 Å². The molecule has 130 valence electrons. The Kier molecular flexibility index (Phi) is 4.14. The number of methoxy groups -OCH3 is 1. The Hall–Kier alpha value is -3.36. The summed E-state index contributed by atoms with van der Waals surface area (Å²) in [5, 5.41) is 6.93. The lowest BCUT2D eigenvalue weighted by molar-refractivity contribution is -0.222. The molecule has 1 aliphatic rings. The van der Waals surface area contributed by atoms with Gasteiger partial charge < -0.3 is 19.5 Å². The molecule has 1 aromatic heterocycles. The van der Waals surface area contributed by atoms with Crippen LogP contribution >= 0.6 is 0 Å². The highest BCUT2D eigenvalue weighted by Gasteiger charge is 2.38. The molecule has 0 spiro atoms. The van der Waals surface area contributed by atoms with Gasteiger partial charge in [-0.1, -0.05) is 0 Å². The number of esters is 2. The number of carbonyl (C=O) groups excluding carboxylic acids is 2. The maximum Gasteiger partial charge on any atom is 0.350 e. The van der Waals surface area contributed by atoms with E-state index in [2.05, 4.69) is 15.4 Å². The van der Waals surface area contributed by atoms with Gasteiger partial charge in [-0.25, -0.2) is 19.3 Å². The number of nitrogens with one attached hydrogen (secondary N) is 1. The molecule has 2 heterocycles. The van der Waals surface area contributed by atoms with Gasteiger partial charge in [0.05, 0.1) is 12.8 Å². The minimum Gasteiger partial charge on any atom is -0.497 e. The van der Waals surface area contributed by atoms with Crippen molar-refractivity contribution in [3.63, 3.8) is 0 Å². The van der Waals surface area contributed by atoms with E-state index in [1.54, 1.807) is 22.9 Å². The van der Waals surface area contributed by atoms with Crippen molar-refractivity contribution in [2.24, 2.45) is 0 Å². The van der Waals surface area contributed by atoms with Crippen LogP contribution in [-0.2, 0) is 19.1 Å². The van der Waals surface area contributed by atoms with E-state index in [9.17, 15) is 9.59 Å². The van der Waals surface area contributed by atoms with Crippen molar-refractivity contribution in [2.45, 2.75) is 19.6 Å². The summed E-state index contributed by atoms with van der Waals surface area (Å²) in [4.78, 5) is 27.8. The standard InChI is InChI=1S/C16H16N4O5/c1-16(2)24-14(21)13(15(22)25-16)7-18-10-4-11(6-12(5-10)23-3)20-9-17-8-19-20/h4-9,18H,1-3H3. The Morgan fingerprint density at radius 3 is 2.52 bits per heavy atom. The molecular formula is C16H16N4O5. The summed E-state index contributed by atoms with van der Waals surface area (Å²) >= 11 is 0. The van der Waals surface area contributed by atoms with Gasteiger partial charge in [0, 0.05) is 37.9 Å². The molecule has 0 aliphatic carbocycles. The topological polar surface area (TPSA) is 105 Å². The number of rotatable bonds is 4. The Labute approximate surface area is 143 Å². The van der Waals surface area contributed by atoms with E-state index in [-0.39, 0.29) is 5.57 Å². The number of benzene rings is 1. The normalized spacial score (nSPS) is 16.0. The van der Waals surface area contributed by atoms with E-state index in [0.717, 1.165) is 0 Å². The number of nitrogens with zero attached hydrogens (tertiary/aromatic N) is 3. The molecule has 0 radical (unpaired) electrons. The average molecular weight is 344 g/mol. The van der Waals surface area contributed by atoms with Crippen molar-refractivity contribution < 1.29 is 23.8 Å². The number of anilines is 1. The number of carbonyl (C=O) groups is 2.